The summed E-state index contributed by atoms with van der Waals surface area (Å²) in [4.78, 5) is 9.68. The van der Waals surface area contributed by atoms with E-state index in [-0.39, 0.29) is 9.52 Å². The Labute approximate surface area is 67.9 Å². The van der Waals surface area contributed by atoms with Crippen LogP contribution >= 0.6 is 34.8 Å². The molecule has 0 spiro atoms. The van der Waals surface area contributed by atoms with E-state index in [0.29, 0.717) is 6.29 Å². The van der Waals surface area contributed by atoms with Gasteiger partial charge in [0.1, 0.15) is 10.8 Å². The molecule has 50 valence electrons. The molecule has 1 nitrogen and oxygen atoms in total. The lowest BCUT2D eigenvalue weighted by atomic mass is 10.5. The summed E-state index contributed by atoms with van der Waals surface area (Å²) in [5.41, 5.74) is 0. The maximum absolute atomic E-state index is 9.68. The second kappa shape index (κ2) is 4.86. The maximum atomic E-state index is 9.68. The quantitative estimate of drug-likeness (QED) is 0.367. The van der Waals surface area contributed by atoms with Crippen molar-refractivity contribution in [2.75, 3.05) is 0 Å². The highest BCUT2D eigenvalue weighted by Crippen LogP contribution is 2.17. The molecule has 0 amide bonds. The molecule has 0 aliphatic heterocycles. The van der Waals surface area contributed by atoms with Gasteiger partial charge in [-0.1, -0.05) is 34.8 Å². The predicted molar refractivity (Wildman–Crippen MR) is 39.8 cm³/mol. The van der Waals surface area contributed by atoms with Crippen LogP contribution in [0.15, 0.2) is 21.7 Å². The van der Waals surface area contributed by atoms with Crippen LogP contribution in [-0.4, -0.2) is 6.29 Å². The smallest absolute Gasteiger partial charge is 0.142 e. The Morgan fingerprint density at radius 1 is 1.22 bits per heavy atom. The Morgan fingerprint density at radius 2 is 1.78 bits per heavy atom. The first kappa shape index (κ1) is 9.02. The number of hydrogen-bond donors (Lipinski definition) is 0. The van der Waals surface area contributed by atoms with E-state index >= 15 is 0 Å². The van der Waals surface area contributed by atoms with Crippen molar-refractivity contribution in [1.29, 1.82) is 0 Å². The molecule has 0 heterocycles. The molecule has 0 radical (unpaired) electrons. The summed E-state index contributed by atoms with van der Waals surface area (Å²) in [6.07, 6.45) is 3.09. The van der Waals surface area contributed by atoms with Crippen molar-refractivity contribution >= 4 is 41.1 Å². The summed E-state index contributed by atoms with van der Waals surface area (Å²) in [6, 6.07) is 0. The molecule has 0 bridgehead atoms. The van der Waals surface area contributed by atoms with Gasteiger partial charge in [0.25, 0.3) is 0 Å². The van der Waals surface area contributed by atoms with Gasteiger partial charge in [0, 0.05) is 0 Å². The van der Waals surface area contributed by atoms with Crippen LogP contribution in [0.25, 0.3) is 0 Å². The van der Waals surface area contributed by atoms with Crippen LogP contribution < -0.4 is 0 Å². The summed E-state index contributed by atoms with van der Waals surface area (Å²) in [6.45, 7) is 0. The average molecular weight is 185 g/mol. The van der Waals surface area contributed by atoms with Gasteiger partial charge in [0.05, 0.1) is 5.03 Å². The van der Waals surface area contributed by atoms with Crippen LogP contribution in [0.3, 0.4) is 0 Å². The molecule has 0 aromatic heterocycles. The zero-order valence-corrected chi connectivity index (χ0v) is 6.54. The molecule has 4 heteroatoms. The molecule has 9 heavy (non-hydrogen) atoms. The van der Waals surface area contributed by atoms with Crippen molar-refractivity contribution in [3.63, 3.8) is 0 Å². The summed E-state index contributed by atoms with van der Waals surface area (Å²) in [5.74, 6) is 0. The Bertz CT molecular complexity index is 156. The summed E-state index contributed by atoms with van der Waals surface area (Å²) in [5, 5.41) is 0.158. The Hall–Kier alpha value is 0.0200. The Morgan fingerprint density at radius 3 is 2.11 bits per heavy atom. The van der Waals surface area contributed by atoms with Crippen molar-refractivity contribution in [1.82, 2.24) is 0 Å². The molecule has 0 saturated heterocycles. The largest absolute Gasteiger partial charge is 0.299 e. The molecule has 0 rings (SSSR count). The van der Waals surface area contributed by atoms with E-state index in [1.54, 1.807) is 0 Å². The lowest BCUT2D eigenvalue weighted by molar-refractivity contribution is -0.104. The third-order valence-electron chi connectivity index (χ3n) is 0.502. The van der Waals surface area contributed by atoms with Gasteiger partial charge in [-0.25, -0.2) is 0 Å². The van der Waals surface area contributed by atoms with Crippen LogP contribution in [0.4, 0.5) is 0 Å². The topological polar surface area (TPSA) is 17.1 Å². The highest BCUT2D eigenvalue weighted by molar-refractivity contribution is 6.59. The van der Waals surface area contributed by atoms with Crippen molar-refractivity contribution in [3.05, 3.63) is 21.7 Å². The van der Waals surface area contributed by atoms with Crippen molar-refractivity contribution in [3.8, 4) is 0 Å². The summed E-state index contributed by atoms with van der Waals surface area (Å²) >= 11 is 15.8. The average Bonchev–Trinajstić information content (AvgIpc) is 1.82. The fourth-order valence-electron chi connectivity index (χ4n) is 0.187. The minimum atomic E-state index is -0.0465. The predicted octanol–water partition coefficient (Wildman–Crippen LogP) is 2.63. The van der Waals surface area contributed by atoms with Crippen molar-refractivity contribution in [2.24, 2.45) is 0 Å². The summed E-state index contributed by atoms with van der Waals surface area (Å²) in [7, 11) is 0. The molecule has 0 unspecified atom stereocenters. The van der Waals surface area contributed by atoms with Crippen molar-refractivity contribution in [2.45, 2.75) is 0 Å². The van der Waals surface area contributed by atoms with Crippen LogP contribution in [0.2, 0.25) is 0 Å². The minimum absolute atomic E-state index is 0.0465. The molecule has 0 saturated carbocycles. The number of hydrogen-bond acceptors (Lipinski definition) is 1. The molecule has 0 atom stereocenters. The fraction of sp³-hybridized carbons (Fsp3) is 0. The number of halogens is 3. The molecule has 0 aliphatic carbocycles. The molecule has 0 aromatic rings. The molecular weight excluding hydrogens is 182 g/mol. The molecule has 0 aromatic carbocycles. The molecule has 0 aliphatic rings. The number of carbonyl (C=O) groups excluding carboxylic acids is 1. The Balaban J connectivity index is 4.06. The second-order valence-electron chi connectivity index (χ2n) is 1.10. The third kappa shape index (κ3) is 4.52. The van der Waals surface area contributed by atoms with E-state index in [1.807, 2.05) is 0 Å². The van der Waals surface area contributed by atoms with Gasteiger partial charge < -0.3 is 0 Å². The SMILES string of the molecule is O=C/C=C/C(Cl)=C(Cl)Cl. The van der Waals surface area contributed by atoms with Crippen LogP contribution in [0.5, 0.6) is 0 Å². The van der Waals surface area contributed by atoms with Gasteiger partial charge in [-0.2, -0.15) is 0 Å². The number of aldehydes is 1. The zero-order chi connectivity index (χ0) is 7.28. The van der Waals surface area contributed by atoms with E-state index in [2.05, 4.69) is 0 Å². The maximum Gasteiger partial charge on any atom is 0.142 e. The standard InChI is InChI=1S/C5H3Cl3O/c6-4(5(7)8)2-1-3-9/h1-3H/b2-1+. The number of allylic oxidation sites excluding steroid dienone is 3. The molecule has 0 N–H and O–H groups in total. The van der Waals surface area contributed by atoms with Gasteiger partial charge >= 0.3 is 0 Å². The number of rotatable bonds is 2. The highest BCUT2D eigenvalue weighted by Gasteiger charge is 1.90. The third-order valence-corrected chi connectivity index (χ3v) is 1.42. The molecular formula is C5H3Cl3O. The van der Waals surface area contributed by atoms with Crippen LogP contribution in [0, 0.1) is 0 Å². The molecule has 0 fully saturated rings. The lowest BCUT2D eigenvalue weighted by Gasteiger charge is -1.83. The first-order chi connectivity index (χ1) is 4.18. The lowest BCUT2D eigenvalue weighted by Crippen LogP contribution is -1.64. The normalized spacial score (nSPS) is 9.67. The van der Waals surface area contributed by atoms with Crippen LogP contribution in [0.1, 0.15) is 0 Å². The van der Waals surface area contributed by atoms with Gasteiger partial charge in [-0.15, -0.1) is 0 Å². The van der Waals surface area contributed by atoms with E-state index < -0.39 is 0 Å². The van der Waals surface area contributed by atoms with Crippen molar-refractivity contribution < 1.29 is 4.79 Å². The van der Waals surface area contributed by atoms with E-state index in [9.17, 15) is 4.79 Å². The summed E-state index contributed by atoms with van der Waals surface area (Å²) < 4.78 is -0.0465. The highest BCUT2D eigenvalue weighted by atomic mass is 35.5. The van der Waals surface area contributed by atoms with Gasteiger partial charge in [-0.05, 0) is 12.2 Å². The minimum Gasteiger partial charge on any atom is -0.299 e. The number of carbonyl (C=O) groups is 1. The monoisotopic (exact) mass is 184 g/mol. The van der Waals surface area contributed by atoms with Gasteiger partial charge in [-0.3, -0.25) is 4.79 Å². The van der Waals surface area contributed by atoms with Crippen LogP contribution in [-0.2, 0) is 4.79 Å². The van der Waals surface area contributed by atoms with E-state index in [0.717, 1.165) is 0 Å². The second-order valence-corrected chi connectivity index (χ2v) is 2.46. The van der Waals surface area contributed by atoms with Gasteiger partial charge in [0.2, 0.25) is 0 Å². The fourth-order valence-corrected chi connectivity index (χ4v) is 0.385. The van der Waals surface area contributed by atoms with Gasteiger partial charge in [0.15, 0.2) is 0 Å². The first-order valence-corrected chi connectivity index (χ1v) is 3.14. The zero-order valence-electron chi connectivity index (χ0n) is 4.27. The van der Waals surface area contributed by atoms with E-state index in [1.165, 1.54) is 12.2 Å². The van der Waals surface area contributed by atoms with E-state index in [4.69, 9.17) is 34.8 Å². The Kier molecular flexibility index (Phi) is 4.87. The first-order valence-electron chi connectivity index (χ1n) is 2.01.